The number of aromatic amines is 1. The van der Waals surface area contributed by atoms with E-state index in [4.69, 9.17) is 5.73 Å². The van der Waals surface area contributed by atoms with Gasteiger partial charge in [-0.15, -0.1) is 0 Å². The lowest BCUT2D eigenvalue weighted by molar-refractivity contribution is 0.600. The molecule has 0 radical (unpaired) electrons. The van der Waals surface area contributed by atoms with Crippen LogP contribution in [0, 0.1) is 13.8 Å². The van der Waals surface area contributed by atoms with Gasteiger partial charge in [-0.1, -0.05) is 18.2 Å². The summed E-state index contributed by atoms with van der Waals surface area (Å²) in [6, 6.07) is 7.04. The van der Waals surface area contributed by atoms with Crippen LogP contribution in [0.2, 0.25) is 0 Å². The fraction of sp³-hybridized carbons (Fsp3) is 0.250. The highest BCUT2D eigenvalue weighted by Gasteiger charge is 2.22. The molecule has 0 aliphatic heterocycles. The molecule has 0 spiro atoms. The van der Waals surface area contributed by atoms with Crippen LogP contribution in [0.25, 0.3) is 0 Å². The van der Waals surface area contributed by atoms with Gasteiger partial charge in [0.25, 0.3) is 10.0 Å². The summed E-state index contributed by atoms with van der Waals surface area (Å²) in [5, 5.41) is 6.56. The van der Waals surface area contributed by atoms with Gasteiger partial charge in [-0.2, -0.15) is 5.10 Å². The third-order valence-corrected chi connectivity index (χ3v) is 4.44. The largest absolute Gasteiger partial charge is 0.326 e. The minimum absolute atomic E-state index is 0.180. The number of anilines is 1. The monoisotopic (exact) mass is 280 g/mol. The number of aryl methyl sites for hydroxylation is 2. The van der Waals surface area contributed by atoms with Crippen molar-refractivity contribution >= 4 is 15.7 Å². The molecule has 2 aromatic rings. The second-order valence-electron chi connectivity index (χ2n) is 4.23. The van der Waals surface area contributed by atoms with Gasteiger partial charge in [0.05, 0.1) is 17.1 Å². The second kappa shape index (κ2) is 5.02. The number of aromatic nitrogens is 2. The summed E-state index contributed by atoms with van der Waals surface area (Å²) in [4.78, 5) is 0.180. The van der Waals surface area contributed by atoms with Crippen LogP contribution in [0.3, 0.4) is 0 Å². The van der Waals surface area contributed by atoms with Crippen LogP contribution >= 0.6 is 0 Å². The summed E-state index contributed by atoms with van der Waals surface area (Å²) in [7, 11) is -3.66. The predicted octanol–water partition coefficient (Wildman–Crippen LogP) is 1.29. The molecule has 2 rings (SSSR count). The van der Waals surface area contributed by atoms with Gasteiger partial charge < -0.3 is 5.73 Å². The lowest BCUT2D eigenvalue weighted by Gasteiger charge is -2.11. The van der Waals surface area contributed by atoms with Crippen molar-refractivity contribution in [3.63, 3.8) is 0 Å². The fourth-order valence-electron chi connectivity index (χ4n) is 1.93. The van der Waals surface area contributed by atoms with Crippen molar-refractivity contribution in [2.24, 2.45) is 5.73 Å². The number of para-hydroxylation sites is 1. The molecule has 4 N–H and O–H groups in total. The summed E-state index contributed by atoms with van der Waals surface area (Å²) in [5.74, 6) is 0. The average Bonchev–Trinajstić information content (AvgIpc) is 2.70. The molecule has 0 amide bonds. The second-order valence-corrected chi connectivity index (χ2v) is 5.85. The highest BCUT2D eigenvalue weighted by Crippen LogP contribution is 2.22. The Balaban J connectivity index is 2.43. The predicted molar refractivity (Wildman–Crippen MR) is 73.2 cm³/mol. The summed E-state index contributed by atoms with van der Waals surface area (Å²) in [5.41, 5.74) is 7.78. The minimum atomic E-state index is -3.66. The van der Waals surface area contributed by atoms with E-state index in [0.717, 1.165) is 5.56 Å². The quantitative estimate of drug-likeness (QED) is 0.785. The SMILES string of the molecule is Cc1n[nH]c(C)c1S(=O)(=O)Nc1ccccc1CN. The van der Waals surface area contributed by atoms with Gasteiger partial charge in [0.1, 0.15) is 4.90 Å². The summed E-state index contributed by atoms with van der Waals surface area (Å²) >= 11 is 0. The Morgan fingerprint density at radius 1 is 1.32 bits per heavy atom. The number of H-pyrrole nitrogens is 1. The average molecular weight is 280 g/mol. The van der Waals surface area contributed by atoms with E-state index in [9.17, 15) is 8.42 Å². The van der Waals surface area contributed by atoms with Gasteiger partial charge in [-0.05, 0) is 25.5 Å². The lowest BCUT2D eigenvalue weighted by Crippen LogP contribution is -2.16. The number of hydrogen-bond donors (Lipinski definition) is 3. The molecule has 0 unspecified atom stereocenters. The Labute approximate surface area is 112 Å². The molecule has 19 heavy (non-hydrogen) atoms. The van der Waals surface area contributed by atoms with Crippen LogP contribution in [0.1, 0.15) is 17.0 Å². The van der Waals surface area contributed by atoms with E-state index < -0.39 is 10.0 Å². The van der Waals surface area contributed by atoms with Gasteiger partial charge in [-0.3, -0.25) is 9.82 Å². The first-order chi connectivity index (χ1) is 8.95. The molecule has 0 saturated heterocycles. The highest BCUT2D eigenvalue weighted by atomic mass is 32.2. The van der Waals surface area contributed by atoms with Crippen molar-refractivity contribution < 1.29 is 8.42 Å². The van der Waals surface area contributed by atoms with Crippen molar-refractivity contribution in [2.45, 2.75) is 25.3 Å². The van der Waals surface area contributed by atoms with E-state index in [0.29, 0.717) is 17.1 Å². The molecule has 102 valence electrons. The van der Waals surface area contributed by atoms with E-state index in [2.05, 4.69) is 14.9 Å². The molecule has 6 nitrogen and oxygen atoms in total. The van der Waals surface area contributed by atoms with Crippen LogP contribution in [-0.2, 0) is 16.6 Å². The Bertz CT molecular complexity index is 672. The zero-order valence-electron chi connectivity index (χ0n) is 10.8. The number of hydrogen-bond acceptors (Lipinski definition) is 4. The first-order valence-electron chi connectivity index (χ1n) is 5.78. The maximum absolute atomic E-state index is 12.4. The summed E-state index contributed by atoms with van der Waals surface area (Å²) in [6.07, 6.45) is 0. The number of nitrogens with one attached hydrogen (secondary N) is 2. The van der Waals surface area contributed by atoms with E-state index in [1.807, 2.05) is 6.07 Å². The maximum Gasteiger partial charge on any atom is 0.265 e. The third-order valence-electron chi connectivity index (χ3n) is 2.81. The Kier molecular flexibility index (Phi) is 3.59. The highest BCUT2D eigenvalue weighted by molar-refractivity contribution is 7.92. The van der Waals surface area contributed by atoms with E-state index in [-0.39, 0.29) is 11.4 Å². The van der Waals surface area contributed by atoms with E-state index in [1.165, 1.54) is 0 Å². The lowest BCUT2D eigenvalue weighted by atomic mass is 10.2. The van der Waals surface area contributed by atoms with Crippen molar-refractivity contribution in [3.8, 4) is 0 Å². The zero-order chi connectivity index (χ0) is 14.0. The Morgan fingerprint density at radius 2 is 2.00 bits per heavy atom. The molecule has 0 aliphatic rings. The van der Waals surface area contributed by atoms with Crippen molar-refractivity contribution in [3.05, 3.63) is 41.2 Å². The molecule has 0 aliphatic carbocycles. The first-order valence-corrected chi connectivity index (χ1v) is 7.26. The Morgan fingerprint density at radius 3 is 2.58 bits per heavy atom. The first kappa shape index (κ1) is 13.6. The topological polar surface area (TPSA) is 101 Å². The smallest absolute Gasteiger partial charge is 0.265 e. The van der Waals surface area contributed by atoms with E-state index in [1.54, 1.807) is 32.0 Å². The van der Waals surface area contributed by atoms with E-state index >= 15 is 0 Å². The normalized spacial score (nSPS) is 11.5. The van der Waals surface area contributed by atoms with Gasteiger partial charge in [0, 0.05) is 6.54 Å². The molecule has 0 saturated carbocycles. The summed E-state index contributed by atoms with van der Waals surface area (Å²) in [6.45, 7) is 3.58. The van der Waals surface area contributed by atoms with Crippen LogP contribution in [-0.4, -0.2) is 18.6 Å². The number of rotatable bonds is 4. The molecule has 0 fully saturated rings. The third kappa shape index (κ3) is 2.61. The molecule has 1 aromatic carbocycles. The zero-order valence-corrected chi connectivity index (χ0v) is 11.6. The standard InChI is InChI=1S/C12H16N4O2S/c1-8-12(9(2)15-14-8)19(17,18)16-11-6-4-3-5-10(11)7-13/h3-6,16H,7,13H2,1-2H3,(H,14,15). The van der Waals surface area contributed by atoms with Crippen LogP contribution in [0.15, 0.2) is 29.2 Å². The van der Waals surface area contributed by atoms with Crippen molar-refractivity contribution in [1.82, 2.24) is 10.2 Å². The van der Waals surface area contributed by atoms with Crippen LogP contribution in [0.5, 0.6) is 0 Å². The number of nitrogens with zero attached hydrogens (tertiary/aromatic N) is 1. The molecule has 7 heteroatoms. The molecule has 1 heterocycles. The van der Waals surface area contributed by atoms with Crippen molar-refractivity contribution in [2.75, 3.05) is 4.72 Å². The molecular formula is C12H16N4O2S. The molecule has 0 atom stereocenters. The molecular weight excluding hydrogens is 264 g/mol. The number of nitrogens with two attached hydrogens (primary N) is 1. The van der Waals surface area contributed by atoms with Crippen molar-refractivity contribution in [1.29, 1.82) is 0 Å². The maximum atomic E-state index is 12.4. The van der Waals surface area contributed by atoms with Gasteiger partial charge in [-0.25, -0.2) is 8.42 Å². The minimum Gasteiger partial charge on any atom is -0.326 e. The number of benzene rings is 1. The van der Waals surface area contributed by atoms with Gasteiger partial charge in [0.15, 0.2) is 0 Å². The van der Waals surface area contributed by atoms with Gasteiger partial charge in [0.2, 0.25) is 0 Å². The molecule has 0 bridgehead atoms. The fourth-order valence-corrected chi connectivity index (χ4v) is 3.40. The van der Waals surface area contributed by atoms with Crippen LogP contribution < -0.4 is 10.5 Å². The molecule has 1 aromatic heterocycles. The van der Waals surface area contributed by atoms with Crippen LogP contribution in [0.4, 0.5) is 5.69 Å². The summed E-state index contributed by atoms with van der Waals surface area (Å²) < 4.78 is 27.3. The number of sulfonamides is 1. The Hall–Kier alpha value is -1.86. The van der Waals surface area contributed by atoms with Gasteiger partial charge >= 0.3 is 0 Å².